The van der Waals surface area contributed by atoms with E-state index in [0.717, 1.165) is 32.2 Å². The Balaban J connectivity index is 1.01. The van der Waals surface area contributed by atoms with Crippen LogP contribution in [0.1, 0.15) is 177 Å². The summed E-state index contributed by atoms with van der Waals surface area (Å²) in [7, 11) is -3.09. The molecule has 69 heavy (non-hydrogen) atoms. The van der Waals surface area contributed by atoms with Crippen LogP contribution in [-0.4, -0.2) is 72.5 Å². The first-order valence-electron chi connectivity index (χ1n) is 26.5. The predicted molar refractivity (Wildman–Crippen MR) is 268 cm³/mol. The van der Waals surface area contributed by atoms with Gasteiger partial charge in [0.25, 0.3) is 0 Å². The molecule has 0 bridgehead atoms. The molecule has 2 N–H and O–H groups in total. The minimum Gasteiger partial charge on any atom is -0.475 e. The maximum absolute atomic E-state index is 14.1. The van der Waals surface area contributed by atoms with Gasteiger partial charge in [0.15, 0.2) is 0 Å². The second-order valence-electron chi connectivity index (χ2n) is 24.6. The second-order valence-corrected chi connectivity index (χ2v) is 26.9. The molecule has 5 fully saturated rings. The van der Waals surface area contributed by atoms with E-state index in [4.69, 9.17) is 14.2 Å². The zero-order chi connectivity index (χ0) is 50.0. The number of aliphatic hydroxyl groups is 1. The van der Waals surface area contributed by atoms with Crippen LogP contribution in [-0.2, 0) is 28.9 Å². The number of nitriles is 1. The van der Waals surface area contributed by atoms with Gasteiger partial charge in [-0.05, 0) is 197 Å². The molecule has 0 aromatic carbocycles. The Labute approximate surface area is 414 Å². The number of nitrogens with one attached hydrogen (secondary N) is 1. The van der Waals surface area contributed by atoms with Crippen LogP contribution < -0.4 is 10.1 Å². The lowest BCUT2D eigenvalue weighted by Crippen LogP contribution is -2.68. The van der Waals surface area contributed by atoms with Gasteiger partial charge >= 0.3 is 11.9 Å². The standard InChI is InChI=1S/C57H83N3O8S/c1-11-47(61)67-38(4)68-50(62)55(36-66-49-40(35-58)13-12-33-59-49)25-16-39(17-26-55)43-21-23-52(7)45(51(43,5)6)22-24-54(9)46(52)15-14-44-48-42(37(2)3)20-29-57(48,31-30-53(44,54)8)60-34-32-56(63)27-18-41(19-28-56)69(10,64)65/h12-13,16,21,33,38,41-42,44-46,48,60,63H,2,11,14-15,17-20,22-32,34,36H2,1,3-10H3/t38?,41-,42-,44+,45-,46+,48+,52-,53+,54+,55+,56+,57-/m0/s1. The van der Waals surface area contributed by atoms with E-state index in [2.05, 4.69) is 76.6 Å². The van der Waals surface area contributed by atoms with Crippen molar-refractivity contribution in [3.8, 4) is 11.9 Å². The number of hydrogen-bond acceptors (Lipinski definition) is 11. The number of allylic oxidation sites excluding steroid dienone is 5. The average Bonchev–Trinajstić information content (AvgIpc) is 3.68. The van der Waals surface area contributed by atoms with E-state index in [0.29, 0.717) is 86.5 Å². The van der Waals surface area contributed by atoms with Gasteiger partial charge in [0.2, 0.25) is 12.2 Å². The van der Waals surface area contributed by atoms with Crippen LogP contribution in [0.4, 0.5) is 0 Å². The number of ether oxygens (including phenoxy) is 3. The zero-order valence-electron chi connectivity index (χ0n) is 43.4. The van der Waals surface area contributed by atoms with Gasteiger partial charge in [-0.25, -0.2) is 13.4 Å². The monoisotopic (exact) mass is 970 g/mol. The van der Waals surface area contributed by atoms with Crippen molar-refractivity contribution < 1.29 is 37.3 Å². The molecule has 0 amide bonds. The molecule has 0 aliphatic heterocycles. The number of carbonyl (C=O) groups excluding carboxylic acids is 2. The Kier molecular flexibility index (Phi) is 14.1. The molecular weight excluding hydrogens is 887 g/mol. The maximum atomic E-state index is 14.1. The second kappa shape index (κ2) is 18.8. The Morgan fingerprint density at radius 3 is 2.33 bits per heavy atom. The number of aromatic nitrogens is 1. The predicted octanol–water partition coefficient (Wildman–Crippen LogP) is 10.9. The number of rotatable bonds is 14. The van der Waals surface area contributed by atoms with E-state index in [1.54, 1.807) is 32.2 Å². The number of nitrogens with zero attached hydrogens (tertiary/aromatic N) is 2. The van der Waals surface area contributed by atoms with Crippen molar-refractivity contribution in [2.75, 3.05) is 19.4 Å². The Hall–Kier alpha value is -3.53. The highest BCUT2D eigenvalue weighted by atomic mass is 32.2. The lowest BCUT2D eigenvalue weighted by atomic mass is 9.33. The molecule has 1 heterocycles. The lowest BCUT2D eigenvalue weighted by Gasteiger charge is -2.72. The Morgan fingerprint density at radius 2 is 1.68 bits per heavy atom. The summed E-state index contributed by atoms with van der Waals surface area (Å²) >= 11 is 0. The van der Waals surface area contributed by atoms with E-state index in [1.807, 2.05) is 0 Å². The van der Waals surface area contributed by atoms with Gasteiger partial charge in [-0.2, -0.15) is 5.26 Å². The SMILES string of the molecule is C=C(C)[C@@H]1CC[C@]2(NCC[C@]3(O)CC[C@@H](S(C)(=O)=O)CC3)CC[C@]3(C)[C@H](CC[C@@H]4[C@@]5(C)CC=C(C6=CC[C@@](COc7ncccc7C#N)(C(=O)OC(C)OC(=O)CC)CC6)C(C)(C)[C@@H]5CC[C@]43C)[C@@H]12. The molecule has 7 aliphatic rings. The van der Waals surface area contributed by atoms with Crippen LogP contribution in [0.2, 0.25) is 0 Å². The summed E-state index contributed by atoms with van der Waals surface area (Å²) in [4.78, 5) is 30.5. The van der Waals surface area contributed by atoms with E-state index in [-0.39, 0.29) is 51.4 Å². The summed E-state index contributed by atoms with van der Waals surface area (Å²) < 4.78 is 41.9. The summed E-state index contributed by atoms with van der Waals surface area (Å²) in [6.45, 7) is 23.8. The van der Waals surface area contributed by atoms with Crippen LogP contribution in [0.5, 0.6) is 5.88 Å². The fraction of sp³-hybridized carbons (Fsp3) is 0.754. The van der Waals surface area contributed by atoms with Crippen molar-refractivity contribution in [3.63, 3.8) is 0 Å². The summed E-state index contributed by atoms with van der Waals surface area (Å²) in [5.41, 5.74) is 2.82. The van der Waals surface area contributed by atoms with Gasteiger partial charge in [0.05, 0.1) is 10.9 Å². The van der Waals surface area contributed by atoms with Crippen molar-refractivity contribution in [1.82, 2.24) is 10.3 Å². The van der Waals surface area contributed by atoms with E-state index in [1.165, 1.54) is 55.1 Å². The Morgan fingerprint density at radius 1 is 0.942 bits per heavy atom. The van der Waals surface area contributed by atoms with Crippen LogP contribution in [0, 0.1) is 68.0 Å². The number of sulfone groups is 1. The number of carbonyl (C=O) groups is 2. The van der Waals surface area contributed by atoms with Crippen molar-refractivity contribution in [1.29, 1.82) is 5.26 Å². The first-order chi connectivity index (χ1) is 32.4. The number of esters is 2. The van der Waals surface area contributed by atoms with Gasteiger partial charge < -0.3 is 24.6 Å². The largest absolute Gasteiger partial charge is 0.475 e. The number of fused-ring (bicyclic) bond motifs is 7. The molecule has 11 atom stereocenters. The molecule has 7 aliphatic carbocycles. The molecule has 380 valence electrons. The van der Waals surface area contributed by atoms with Gasteiger partial charge in [-0.15, -0.1) is 0 Å². The molecule has 1 unspecified atom stereocenters. The molecular formula is C57H83N3O8S. The fourth-order valence-corrected chi connectivity index (χ4v) is 17.9. The third-order valence-corrected chi connectivity index (χ3v) is 22.5. The molecule has 1 aromatic heterocycles. The lowest BCUT2D eigenvalue weighted by molar-refractivity contribution is -0.221. The maximum Gasteiger partial charge on any atom is 0.318 e. The molecule has 5 saturated carbocycles. The first-order valence-corrected chi connectivity index (χ1v) is 28.5. The van der Waals surface area contributed by atoms with Gasteiger partial charge in [-0.3, -0.25) is 9.59 Å². The smallest absolute Gasteiger partial charge is 0.318 e. The van der Waals surface area contributed by atoms with Crippen LogP contribution in [0.15, 0.2) is 53.8 Å². The van der Waals surface area contributed by atoms with E-state index in [9.17, 15) is 28.4 Å². The minimum atomic E-state index is -3.09. The summed E-state index contributed by atoms with van der Waals surface area (Å²) in [6, 6.07) is 5.46. The molecule has 1 aromatic rings. The van der Waals surface area contributed by atoms with Gasteiger partial charge in [0, 0.05) is 31.3 Å². The third kappa shape index (κ3) is 9.08. The van der Waals surface area contributed by atoms with Gasteiger partial charge in [0.1, 0.15) is 33.5 Å². The quantitative estimate of drug-likeness (QED) is 0.104. The highest BCUT2D eigenvalue weighted by Crippen LogP contribution is 2.76. The summed E-state index contributed by atoms with van der Waals surface area (Å²) in [6.07, 6.45) is 21.7. The fourth-order valence-electron chi connectivity index (χ4n) is 16.8. The molecule has 8 rings (SSSR count). The highest BCUT2D eigenvalue weighted by Gasteiger charge is 2.70. The first kappa shape index (κ1) is 51.8. The van der Waals surface area contributed by atoms with E-state index >= 15 is 0 Å². The van der Waals surface area contributed by atoms with Crippen LogP contribution in [0.25, 0.3) is 0 Å². The molecule has 0 radical (unpaired) electrons. The van der Waals surface area contributed by atoms with E-state index < -0.39 is 39.1 Å². The van der Waals surface area contributed by atoms with Crippen molar-refractivity contribution in [2.24, 2.45) is 56.7 Å². The molecule has 12 heteroatoms. The normalized spacial score (nSPS) is 39.7. The van der Waals surface area contributed by atoms with Crippen molar-refractivity contribution >= 4 is 21.8 Å². The van der Waals surface area contributed by atoms with Crippen molar-refractivity contribution in [2.45, 2.75) is 194 Å². The average molecular weight is 970 g/mol. The number of hydrogen-bond donors (Lipinski definition) is 2. The minimum absolute atomic E-state index is 0.0230. The summed E-state index contributed by atoms with van der Waals surface area (Å²) in [5, 5.41) is 25.2. The number of pyridine rings is 1. The molecule has 0 spiro atoms. The highest BCUT2D eigenvalue weighted by molar-refractivity contribution is 7.91. The molecule has 11 nitrogen and oxygen atoms in total. The molecule has 0 saturated heterocycles. The zero-order valence-corrected chi connectivity index (χ0v) is 44.2. The van der Waals surface area contributed by atoms with Crippen LogP contribution in [0.3, 0.4) is 0 Å². The van der Waals surface area contributed by atoms with Crippen molar-refractivity contribution in [3.05, 3.63) is 59.3 Å². The third-order valence-electron chi connectivity index (χ3n) is 20.8. The summed E-state index contributed by atoms with van der Waals surface area (Å²) in [5.74, 6) is 1.87. The van der Waals surface area contributed by atoms with Crippen LogP contribution >= 0.6 is 0 Å². The topological polar surface area (TPSA) is 165 Å². The van der Waals surface area contributed by atoms with Gasteiger partial charge in [-0.1, -0.05) is 65.8 Å². The Bertz CT molecular complexity index is 2380.